The number of ketones is 1. The standard InChI is InChI=1S/C10H16FNO3/c1-5-15-10(14)8(6-12(3)4)9(13)7(2)11/h6-7H,5H2,1-4H3/b8-6+. The maximum atomic E-state index is 12.8. The molecular weight excluding hydrogens is 201 g/mol. The first-order valence-corrected chi connectivity index (χ1v) is 4.63. The van der Waals surface area contributed by atoms with Crippen molar-refractivity contribution in [2.45, 2.75) is 20.0 Å². The molecule has 0 aliphatic rings. The third kappa shape index (κ3) is 4.58. The van der Waals surface area contributed by atoms with Gasteiger partial charge in [-0.25, -0.2) is 9.18 Å². The van der Waals surface area contributed by atoms with Gasteiger partial charge in [-0.1, -0.05) is 0 Å². The quantitative estimate of drug-likeness (QED) is 0.297. The molecule has 0 aliphatic heterocycles. The molecule has 0 saturated heterocycles. The fourth-order valence-corrected chi connectivity index (χ4v) is 0.898. The number of Topliss-reactive ketones (excluding diaryl/α,β-unsaturated/α-hetero) is 1. The van der Waals surface area contributed by atoms with Crippen molar-refractivity contribution >= 4 is 11.8 Å². The SMILES string of the molecule is CCOC(=O)/C(=C/N(C)C)C(=O)C(C)F. The number of alkyl halides is 1. The minimum Gasteiger partial charge on any atom is -0.462 e. The average molecular weight is 217 g/mol. The molecular formula is C10H16FNO3. The number of ether oxygens (including phenoxy) is 1. The summed E-state index contributed by atoms with van der Waals surface area (Å²) in [6.07, 6.45) is -0.447. The molecule has 0 rings (SSSR count). The molecule has 0 amide bonds. The summed E-state index contributed by atoms with van der Waals surface area (Å²) in [6.45, 7) is 2.86. The van der Waals surface area contributed by atoms with Crippen molar-refractivity contribution in [2.75, 3.05) is 20.7 Å². The molecule has 0 spiro atoms. The third-order valence-corrected chi connectivity index (χ3v) is 1.51. The highest BCUT2D eigenvalue weighted by Gasteiger charge is 2.24. The second-order valence-electron chi connectivity index (χ2n) is 3.21. The summed E-state index contributed by atoms with van der Waals surface area (Å²) >= 11 is 0. The maximum Gasteiger partial charge on any atom is 0.343 e. The Labute approximate surface area is 88.7 Å². The Morgan fingerprint density at radius 1 is 1.47 bits per heavy atom. The summed E-state index contributed by atoms with van der Waals surface area (Å²) < 4.78 is 17.4. The van der Waals surface area contributed by atoms with E-state index in [9.17, 15) is 14.0 Å². The van der Waals surface area contributed by atoms with Crippen LogP contribution in [0.4, 0.5) is 4.39 Å². The first-order chi connectivity index (χ1) is 6.90. The van der Waals surface area contributed by atoms with Gasteiger partial charge in [0.1, 0.15) is 5.57 Å². The van der Waals surface area contributed by atoms with Gasteiger partial charge in [0, 0.05) is 20.3 Å². The molecule has 15 heavy (non-hydrogen) atoms. The Hall–Kier alpha value is -1.39. The van der Waals surface area contributed by atoms with Crippen molar-refractivity contribution in [3.63, 3.8) is 0 Å². The largest absolute Gasteiger partial charge is 0.462 e. The summed E-state index contributed by atoms with van der Waals surface area (Å²) in [5.41, 5.74) is -0.267. The zero-order chi connectivity index (χ0) is 12.0. The maximum absolute atomic E-state index is 12.8. The van der Waals surface area contributed by atoms with Crippen molar-refractivity contribution in [1.29, 1.82) is 0 Å². The Kier molecular flexibility index (Phi) is 5.59. The Bertz CT molecular complexity index is 272. The van der Waals surface area contributed by atoms with E-state index in [-0.39, 0.29) is 12.2 Å². The normalized spacial score (nSPS) is 13.3. The number of esters is 1. The molecule has 0 N–H and O–H groups in total. The fourth-order valence-electron chi connectivity index (χ4n) is 0.898. The van der Waals surface area contributed by atoms with E-state index in [4.69, 9.17) is 0 Å². The highest BCUT2D eigenvalue weighted by atomic mass is 19.1. The number of hydrogen-bond donors (Lipinski definition) is 0. The molecule has 0 bridgehead atoms. The smallest absolute Gasteiger partial charge is 0.343 e. The Balaban J connectivity index is 4.90. The predicted octanol–water partition coefficient (Wildman–Crippen LogP) is 0.922. The molecule has 1 unspecified atom stereocenters. The number of carbonyl (C=O) groups excluding carboxylic acids is 2. The zero-order valence-corrected chi connectivity index (χ0v) is 9.41. The molecule has 0 aromatic heterocycles. The van der Waals surface area contributed by atoms with Crippen LogP contribution in [0.15, 0.2) is 11.8 Å². The Morgan fingerprint density at radius 2 is 2.00 bits per heavy atom. The lowest BCUT2D eigenvalue weighted by Crippen LogP contribution is -2.24. The minimum atomic E-state index is -1.71. The monoisotopic (exact) mass is 217 g/mol. The van der Waals surface area contributed by atoms with Crippen LogP contribution < -0.4 is 0 Å². The van der Waals surface area contributed by atoms with Gasteiger partial charge >= 0.3 is 5.97 Å². The summed E-state index contributed by atoms with van der Waals surface area (Å²) in [4.78, 5) is 24.1. The Morgan fingerprint density at radius 3 is 2.33 bits per heavy atom. The third-order valence-electron chi connectivity index (χ3n) is 1.51. The van der Waals surface area contributed by atoms with Crippen molar-refractivity contribution in [1.82, 2.24) is 4.90 Å². The van der Waals surface area contributed by atoms with Crippen LogP contribution in [0.3, 0.4) is 0 Å². The van der Waals surface area contributed by atoms with Gasteiger partial charge in [-0.3, -0.25) is 4.79 Å². The number of halogens is 1. The number of hydrogen-bond acceptors (Lipinski definition) is 4. The minimum absolute atomic E-state index is 0.150. The summed E-state index contributed by atoms with van der Waals surface area (Å²) in [5.74, 6) is -1.65. The van der Waals surface area contributed by atoms with Gasteiger partial charge in [-0.15, -0.1) is 0 Å². The predicted molar refractivity (Wildman–Crippen MR) is 54.0 cm³/mol. The van der Waals surface area contributed by atoms with Crippen LogP contribution in [-0.2, 0) is 14.3 Å². The topological polar surface area (TPSA) is 46.6 Å². The summed E-state index contributed by atoms with van der Waals surface area (Å²) in [7, 11) is 3.27. The molecule has 86 valence electrons. The van der Waals surface area contributed by atoms with E-state index in [2.05, 4.69) is 4.74 Å². The van der Waals surface area contributed by atoms with Crippen molar-refractivity contribution < 1.29 is 18.7 Å². The van der Waals surface area contributed by atoms with Crippen LogP contribution >= 0.6 is 0 Å². The van der Waals surface area contributed by atoms with E-state index < -0.39 is 17.9 Å². The van der Waals surface area contributed by atoms with Crippen LogP contribution in [-0.4, -0.2) is 43.5 Å². The van der Waals surface area contributed by atoms with E-state index >= 15 is 0 Å². The van der Waals surface area contributed by atoms with Crippen LogP contribution in [0.5, 0.6) is 0 Å². The molecule has 5 heteroatoms. The lowest BCUT2D eigenvalue weighted by atomic mass is 10.1. The van der Waals surface area contributed by atoms with Crippen LogP contribution in [0.25, 0.3) is 0 Å². The van der Waals surface area contributed by atoms with Crippen molar-refractivity contribution in [3.8, 4) is 0 Å². The highest BCUT2D eigenvalue weighted by molar-refractivity contribution is 6.18. The number of carbonyl (C=O) groups is 2. The molecule has 0 aromatic rings. The van der Waals surface area contributed by atoms with Crippen LogP contribution in [0, 0.1) is 0 Å². The molecule has 4 nitrogen and oxygen atoms in total. The number of nitrogens with zero attached hydrogens (tertiary/aromatic N) is 1. The zero-order valence-electron chi connectivity index (χ0n) is 9.41. The van der Waals surface area contributed by atoms with Crippen molar-refractivity contribution in [3.05, 3.63) is 11.8 Å². The van der Waals surface area contributed by atoms with Crippen LogP contribution in [0.2, 0.25) is 0 Å². The first-order valence-electron chi connectivity index (χ1n) is 4.63. The van der Waals surface area contributed by atoms with E-state index in [1.54, 1.807) is 21.0 Å². The lowest BCUT2D eigenvalue weighted by molar-refractivity contribution is -0.140. The van der Waals surface area contributed by atoms with Gasteiger partial charge < -0.3 is 9.64 Å². The molecule has 0 aromatic carbocycles. The van der Waals surface area contributed by atoms with Gasteiger partial charge in [0.25, 0.3) is 0 Å². The average Bonchev–Trinajstić information content (AvgIpc) is 2.13. The van der Waals surface area contributed by atoms with Gasteiger partial charge in [0.05, 0.1) is 6.61 Å². The highest BCUT2D eigenvalue weighted by Crippen LogP contribution is 2.07. The molecule has 0 fully saturated rings. The number of rotatable bonds is 5. The van der Waals surface area contributed by atoms with E-state index in [1.807, 2.05) is 0 Å². The molecule has 0 heterocycles. The summed E-state index contributed by atoms with van der Waals surface area (Å²) in [5, 5.41) is 0. The second kappa shape index (κ2) is 6.16. The van der Waals surface area contributed by atoms with Crippen molar-refractivity contribution in [2.24, 2.45) is 0 Å². The van der Waals surface area contributed by atoms with Gasteiger partial charge in [-0.05, 0) is 13.8 Å². The molecule has 0 aliphatic carbocycles. The first kappa shape index (κ1) is 13.6. The lowest BCUT2D eigenvalue weighted by Gasteiger charge is -2.10. The van der Waals surface area contributed by atoms with Gasteiger partial charge in [0.2, 0.25) is 5.78 Å². The van der Waals surface area contributed by atoms with Crippen LogP contribution in [0.1, 0.15) is 13.8 Å². The van der Waals surface area contributed by atoms with Gasteiger partial charge in [0.15, 0.2) is 6.17 Å². The summed E-state index contributed by atoms with van der Waals surface area (Å²) in [6, 6.07) is 0. The molecule has 0 saturated carbocycles. The van der Waals surface area contributed by atoms with E-state index in [1.165, 1.54) is 11.1 Å². The second-order valence-corrected chi connectivity index (χ2v) is 3.21. The molecule has 0 radical (unpaired) electrons. The van der Waals surface area contributed by atoms with E-state index in [0.717, 1.165) is 6.92 Å². The fraction of sp³-hybridized carbons (Fsp3) is 0.600. The van der Waals surface area contributed by atoms with Gasteiger partial charge in [-0.2, -0.15) is 0 Å². The van der Waals surface area contributed by atoms with E-state index in [0.29, 0.717) is 0 Å². The molecule has 1 atom stereocenters.